The van der Waals surface area contributed by atoms with E-state index in [1.54, 1.807) is 31.2 Å². The predicted molar refractivity (Wildman–Crippen MR) is 55.3 cm³/mol. The normalized spacial score (nSPS) is 11.9. The third kappa shape index (κ3) is 1.88. The molecule has 1 aromatic carbocycles. The summed E-state index contributed by atoms with van der Waals surface area (Å²) in [6, 6.07) is 5.35. The molecule has 0 fully saturated rings. The van der Waals surface area contributed by atoms with Crippen LogP contribution in [0.15, 0.2) is 34.6 Å². The molecular formula is C11H9NO3. The molecule has 15 heavy (non-hydrogen) atoms. The molecule has 1 aromatic heterocycles. The summed E-state index contributed by atoms with van der Waals surface area (Å²) >= 11 is 0. The fourth-order valence-electron chi connectivity index (χ4n) is 1.27. The molecule has 0 saturated carbocycles. The Hall–Kier alpha value is -2.10. The molecule has 4 nitrogen and oxygen atoms in total. The molecule has 2 aromatic rings. The molecule has 0 atom stereocenters. The van der Waals surface area contributed by atoms with E-state index in [1.807, 2.05) is 0 Å². The van der Waals surface area contributed by atoms with Crippen molar-refractivity contribution in [2.24, 2.45) is 0 Å². The topological polar surface area (TPSA) is 63.3 Å². The number of carboxylic acids is 1. The van der Waals surface area contributed by atoms with E-state index in [2.05, 4.69) is 4.98 Å². The first-order valence-corrected chi connectivity index (χ1v) is 4.41. The summed E-state index contributed by atoms with van der Waals surface area (Å²) in [6.07, 6.45) is 2.95. The van der Waals surface area contributed by atoms with Crippen LogP contribution in [0.25, 0.3) is 17.2 Å². The lowest BCUT2D eigenvalue weighted by Crippen LogP contribution is -1.95. The minimum absolute atomic E-state index is 0.286. The van der Waals surface area contributed by atoms with Crippen molar-refractivity contribution in [3.05, 3.63) is 35.7 Å². The quantitative estimate of drug-likeness (QED) is 0.760. The van der Waals surface area contributed by atoms with Gasteiger partial charge in [-0.05, 0) is 30.7 Å². The standard InChI is InChI=1S/C11H9NO3/c1-7(11(13)14)4-8-2-3-9-10(5-8)15-6-12-9/h2-6H,1H3,(H,13,14)/b7-4+. The van der Waals surface area contributed by atoms with Crippen molar-refractivity contribution in [2.75, 3.05) is 0 Å². The number of oxazole rings is 1. The first-order chi connectivity index (χ1) is 7.16. The van der Waals surface area contributed by atoms with Crippen LogP contribution in [0.3, 0.4) is 0 Å². The van der Waals surface area contributed by atoms with Gasteiger partial charge in [0.25, 0.3) is 0 Å². The molecule has 0 radical (unpaired) electrons. The fraction of sp³-hybridized carbons (Fsp3) is 0.0909. The van der Waals surface area contributed by atoms with Crippen molar-refractivity contribution in [3.8, 4) is 0 Å². The van der Waals surface area contributed by atoms with Gasteiger partial charge in [0.05, 0.1) is 0 Å². The highest BCUT2D eigenvalue weighted by molar-refractivity contribution is 5.92. The number of benzene rings is 1. The molecule has 0 unspecified atom stereocenters. The molecule has 4 heteroatoms. The van der Waals surface area contributed by atoms with Crippen LogP contribution in [0, 0.1) is 0 Å². The second kappa shape index (κ2) is 3.57. The number of hydrogen-bond donors (Lipinski definition) is 1. The third-order valence-electron chi connectivity index (χ3n) is 2.08. The molecule has 0 spiro atoms. The Morgan fingerprint density at radius 2 is 2.33 bits per heavy atom. The zero-order valence-electron chi connectivity index (χ0n) is 8.10. The van der Waals surface area contributed by atoms with E-state index in [4.69, 9.17) is 9.52 Å². The monoisotopic (exact) mass is 203 g/mol. The summed E-state index contributed by atoms with van der Waals surface area (Å²) in [5.41, 5.74) is 2.50. The van der Waals surface area contributed by atoms with Crippen LogP contribution in [0.1, 0.15) is 12.5 Å². The summed E-state index contributed by atoms with van der Waals surface area (Å²) in [4.78, 5) is 14.6. The smallest absolute Gasteiger partial charge is 0.331 e. The van der Waals surface area contributed by atoms with Crippen molar-refractivity contribution in [2.45, 2.75) is 6.92 Å². The highest BCUT2D eigenvalue weighted by atomic mass is 16.4. The van der Waals surface area contributed by atoms with Crippen molar-refractivity contribution in [3.63, 3.8) is 0 Å². The number of nitrogens with zero attached hydrogens (tertiary/aromatic N) is 1. The minimum Gasteiger partial charge on any atom is -0.478 e. The Balaban J connectivity index is 2.44. The van der Waals surface area contributed by atoms with Gasteiger partial charge in [-0.3, -0.25) is 0 Å². The second-order valence-corrected chi connectivity index (χ2v) is 3.21. The van der Waals surface area contributed by atoms with Gasteiger partial charge in [-0.15, -0.1) is 0 Å². The molecule has 0 aliphatic heterocycles. The summed E-state index contributed by atoms with van der Waals surface area (Å²) in [5, 5.41) is 8.71. The van der Waals surface area contributed by atoms with Crippen LogP contribution >= 0.6 is 0 Å². The van der Waals surface area contributed by atoms with Gasteiger partial charge >= 0.3 is 5.97 Å². The maximum absolute atomic E-state index is 10.6. The lowest BCUT2D eigenvalue weighted by molar-refractivity contribution is -0.132. The number of aliphatic carboxylic acids is 1. The zero-order chi connectivity index (χ0) is 10.8. The summed E-state index contributed by atoms with van der Waals surface area (Å²) in [5.74, 6) is -0.923. The average Bonchev–Trinajstić information content (AvgIpc) is 2.64. The van der Waals surface area contributed by atoms with E-state index < -0.39 is 5.97 Å². The van der Waals surface area contributed by atoms with Gasteiger partial charge in [-0.25, -0.2) is 9.78 Å². The minimum atomic E-state index is -0.923. The average molecular weight is 203 g/mol. The van der Waals surface area contributed by atoms with Crippen LogP contribution in [-0.4, -0.2) is 16.1 Å². The number of carboxylic acid groups (broad SMARTS) is 1. The molecule has 0 aliphatic rings. The Bertz CT molecular complexity index is 540. The van der Waals surface area contributed by atoms with E-state index >= 15 is 0 Å². The number of rotatable bonds is 2. The lowest BCUT2D eigenvalue weighted by Gasteiger charge is -1.95. The zero-order valence-corrected chi connectivity index (χ0v) is 8.10. The van der Waals surface area contributed by atoms with Crippen LogP contribution in [-0.2, 0) is 4.79 Å². The molecule has 0 aliphatic carbocycles. The van der Waals surface area contributed by atoms with E-state index in [1.165, 1.54) is 6.39 Å². The highest BCUT2D eigenvalue weighted by Gasteiger charge is 2.02. The molecule has 1 N–H and O–H groups in total. The third-order valence-corrected chi connectivity index (χ3v) is 2.08. The number of hydrogen-bond acceptors (Lipinski definition) is 3. The molecule has 2 rings (SSSR count). The number of fused-ring (bicyclic) bond motifs is 1. The van der Waals surface area contributed by atoms with Crippen LogP contribution in [0.4, 0.5) is 0 Å². The van der Waals surface area contributed by atoms with Crippen LogP contribution < -0.4 is 0 Å². The number of carbonyl (C=O) groups is 1. The van der Waals surface area contributed by atoms with Gasteiger partial charge in [0, 0.05) is 5.57 Å². The Labute approximate surface area is 85.9 Å². The SMILES string of the molecule is C/C(=C\c1ccc2ncoc2c1)C(=O)O. The van der Waals surface area contributed by atoms with Gasteiger partial charge in [0.15, 0.2) is 12.0 Å². The van der Waals surface area contributed by atoms with Crippen LogP contribution in [0.5, 0.6) is 0 Å². The van der Waals surface area contributed by atoms with E-state index in [0.717, 1.165) is 11.1 Å². The maximum atomic E-state index is 10.6. The Morgan fingerprint density at radius 3 is 3.07 bits per heavy atom. The van der Waals surface area contributed by atoms with Gasteiger partial charge in [0.1, 0.15) is 5.52 Å². The molecule has 0 bridgehead atoms. The lowest BCUT2D eigenvalue weighted by atomic mass is 10.1. The van der Waals surface area contributed by atoms with E-state index in [9.17, 15) is 4.79 Å². The van der Waals surface area contributed by atoms with Gasteiger partial charge in [-0.1, -0.05) is 6.07 Å². The van der Waals surface area contributed by atoms with Gasteiger partial charge < -0.3 is 9.52 Å². The molecule has 0 amide bonds. The van der Waals surface area contributed by atoms with Crippen molar-refractivity contribution >= 4 is 23.1 Å². The predicted octanol–water partition coefficient (Wildman–Crippen LogP) is 2.32. The number of aromatic nitrogens is 1. The summed E-state index contributed by atoms with van der Waals surface area (Å²) < 4.78 is 5.11. The maximum Gasteiger partial charge on any atom is 0.331 e. The largest absolute Gasteiger partial charge is 0.478 e. The first kappa shape index (κ1) is 9.45. The van der Waals surface area contributed by atoms with Gasteiger partial charge in [-0.2, -0.15) is 0 Å². The van der Waals surface area contributed by atoms with Crippen molar-refractivity contribution in [1.29, 1.82) is 0 Å². The van der Waals surface area contributed by atoms with Crippen LogP contribution in [0.2, 0.25) is 0 Å². The Kier molecular flexibility index (Phi) is 2.25. The summed E-state index contributed by atoms with van der Waals surface area (Å²) in [7, 11) is 0. The molecule has 1 heterocycles. The van der Waals surface area contributed by atoms with Gasteiger partial charge in [0.2, 0.25) is 0 Å². The second-order valence-electron chi connectivity index (χ2n) is 3.21. The molecule has 76 valence electrons. The van der Waals surface area contributed by atoms with E-state index in [-0.39, 0.29) is 5.57 Å². The van der Waals surface area contributed by atoms with Crippen molar-refractivity contribution < 1.29 is 14.3 Å². The van der Waals surface area contributed by atoms with E-state index in [0.29, 0.717) is 5.58 Å². The van der Waals surface area contributed by atoms with Crippen molar-refractivity contribution in [1.82, 2.24) is 4.98 Å². The molecule has 0 saturated heterocycles. The summed E-state index contributed by atoms with van der Waals surface area (Å²) in [6.45, 7) is 1.55. The highest BCUT2D eigenvalue weighted by Crippen LogP contribution is 2.16. The Morgan fingerprint density at radius 1 is 1.53 bits per heavy atom. The molecular weight excluding hydrogens is 194 g/mol. The fourth-order valence-corrected chi connectivity index (χ4v) is 1.27. The first-order valence-electron chi connectivity index (χ1n) is 4.41.